The van der Waals surface area contributed by atoms with Gasteiger partial charge in [0.2, 0.25) is 0 Å². The van der Waals surface area contributed by atoms with Crippen molar-refractivity contribution in [1.29, 1.82) is 0 Å². The molecule has 1 aromatic carbocycles. The first-order valence-electron chi connectivity index (χ1n) is 7.62. The van der Waals surface area contributed by atoms with Crippen LogP contribution in [0.1, 0.15) is 23.1 Å². The lowest BCUT2D eigenvalue weighted by Gasteiger charge is -2.33. The first-order chi connectivity index (χ1) is 11.5. The zero-order valence-electron chi connectivity index (χ0n) is 13.2. The molecule has 1 aliphatic rings. The summed E-state index contributed by atoms with van der Waals surface area (Å²) in [5, 5.41) is 0.558. The average Bonchev–Trinajstić information content (AvgIpc) is 2.93. The molecule has 1 atom stereocenters. The van der Waals surface area contributed by atoms with Gasteiger partial charge < -0.3 is 14.6 Å². The molecule has 0 spiro atoms. The van der Waals surface area contributed by atoms with E-state index in [1.165, 1.54) is 0 Å². The monoisotopic (exact) mass is 342 g/mol. The van der Waals surface area contributed by atoms with Crippen LogP contribution in [0.15, 0.2) is 30.5 Å². The van der Waals surface area contributed by atoms with Gasteiger partial charge >= 0.3 is 0 Å². The molecule has 24 heavy (non-hydrogen) atoms. The van der Waals surface area contributed by atoms with Gasteiger partial charge in [-0.15, -0.1) is 0 Å². The van der Waals surface area contributed by atoms with Gasteiger partial charge in [0.1, 0.15) is 17.7 Å². The van der Waals surface area contributed by atoms with E-state index in [0.29, 0.717) is 34.2 Å². The molecule has 1 N–H and O–H groups in total. The number of hydrogen-bond donors (Lipinski definition) is 1. The van der Waals surface area contributed by atoms with Crippen LogP contribution in [-0.2, 0) is 0 Å². The number of ether oxygens (including phenoxy) is 1. The molecule has 1 unspecified atom stereocenters. The molecule has 2 aromatic heterocycles. The van der Waals surface area contributed by atoms with Crippen LogP contribution in [0.5, 0.6) is 5.75 Å². The maximum Gasteiger partial charge on any atom is 0.260 e. The summed E-state index contributed by atoms with van der Waals surface area (Å²) in [5.74, 6) is 1.27. The topological polar surface area (TPSA) is 71.1 Å². The summed E-state index contributed by atoms with van der Waals surface area (Å²) in [5.41, 5.74) is 2.51. The number of amides is 1. The summed E-state index contributed by atoms with van der Waals surface area (Å²) in [7, 11) is 0. The molecule has 7 heteroatoms. The first-order valence-corrected chi connectivity index (χ1v) is 7.99. The third-order valence-corrected chi connectivity index (χ3v) is 4.16. The van der Waals surface area contributed by atoms with Crippen molar-refractivity contribution in [2.45, 2.75) is 20.0 Å². The molecule has 1 aliphatic heterocycles. The van der Waals surface area contributed by atoms with Crippen molar-refractivity contribution in [2.24, 2.45) is 0 Å². The zero-order valence-corrected chi connectivity index (χ0v) is 14.0. The fourth-order valence-electron chi connectivity index (χ4n) is 2.90. The molecule has 0 saturated carbocycles. The van der Waals surface area contributed by atoms with Crippen LogP contribution in [0, 0.1) is 6.92 Å². The highest BCUT2D eigenvalue weighted by Crippen LogP contribution is 2.36. The molecule has 122 valence electrons. The maximum atomic E-state index is 13.0. The lowest BCUT2D eigenvalue weighted by atomic mass is 10.1. The number of anilines is 1. The number of nitrogens with one attached hydrogen (secondary N) is 1. The first kappa shape index (κ1) is 15.0. The molecule has 3 aromatic rings. The van der Waals surface area contributed by atoms with E-state index < -0.39 is 0 Å². The fraction of sp³-hybridized carbons (Fsp3) is 0.235. The summed E-state index contributed by atoms with van der Waals surface area (Å²) in [6, 6.07) is 7.05. The minimum atomic E-state index is -0.143. The second-order valence-electron chi connectivity index (χ2n) is 5.87. The Bertz CT molecular complexity index is 953. The van der Waals surface area contributed by atoms with Crippen molar-refractivity contribution in [3.05, 3.63) is 46.9 Å². The van der Waals surface area contributed by atoms with E-state index in [1.54, 1.807) is 35.4 Å². The number of aryl methyl sites for hydroxylation is 1. The summed E-state index contributed by atoms with van der Waals surface area (Å²) >= 11 is 6.09. The smallest absolute Gasteiger partial charge is 0.260 e. The Hall–Kier alpha value is -2.60. The number of rotatable bonds is 1. The molecule has 0 aliphatic carbocycles. The Morgan fingerprint density at radius 2 is 2.25 bits per heavy atom. The molecule has 0 fully saturated rings. The summed E-state index contributed by atoms with van der Waals surface area (Å²) in [6.07, 6.45) is 1.45. The Morgan fingerprint density at radius 1 is 1.42 bits per heavy atom. The molecule has 0 saturated heterocycles. The highest BCUT2D eigenvalue weighted by molar-refractivity contribution is 6.31. The molecule has 0 bridgehead atoms. The number of pyridine rings is 1. The van der Waals surface area contributed by atoms with Crippen LogP contribution in [-0.4, -0.2) is 33.5 Å². The minimum absolute atomic E-state index is 0.103. The number of halogens is 1. The maximum absolute atomic E-state index is 13.0. The van der Waals surface area contributed by atoms with Crippen molar-refractivity contribution in [2.75, 3.05) is 11.4 Å². The van der Waals surface area contributed by atoms with E-state index in [2.05, 4.69) is 15.0 Å². The van der Waals surface area contributed by atoms with Gasteiger partial charge in [0.25, 0.3) is 5.91 Å². The van der Waals surface area contributed by atoms with Gasteiger partial charge in [0, 0.05) is 11.2 Å². The van der Waals surface area contributed by atoms with Crippen LogP contribution in [0.3, 0.4) is 0 Å². The number of aromatic nitrogens is 3. The quantitative estimate of drug-likeness (QED) is 0.736. The molecular formula is C17H15ClN4O2. The van der Waals surface area contributed by atoms with Gasteiger partial charge in [-0.2, -0.15) is 0 Å². The number of carbonyl (C=O) groups excluding carboxylic acids is 1. The van der Waals surface area contributed by atoms with E-state index in [1.807, 2.05) is 13.8 Å². The summed E-state index contributed by atoms with van der Waals surface area (Å²) in [4.78, 5) is 26.3. The Morgan fingerprint density at radius 3 is 3.08 bits per heavy atom. The highest BCUT2D eigenvalue weighted by Gasteiger charge is 2.29. The Balaban J connectivity index is 1.76. The van der Waals surface area contributed by atoms with Gasteiger partial charge in [-0.05, 0) is 38.1 Å². The number of benzene rings is 1. The van der Waals surface area contributed by atoms with E-state index >= 15 is 0 Å². The molecule has 0 radical (unpaired) electrons. The van der Waals surface area contributed by atoms with E-state index in [-0.39, 0.29) is 12.0 Å². The third kappa shape index (κ3) is 2.49. The number of aromatic amines is 1. The van der Waals surface area contributed by atoms with Crippen LogP contribution in [0.2, 0.25) is 5.02 Å². The second kappa shape index (κ2) is 5.49. The predicted octanol–water partition coefficient (Wildman–Crippen LogP) is 3.35. The SMILES string of the molecule is Cc1nc2ncc(C(=O)N3CC(C)Oc4ccc(Cl)cc43)cc2[nH]1. The van der Waals surface area contributed by atoms with Crippen LogP contribution in [0.25, 0.3) is 11.2 Å². The lowest BCUT2D eigenvalue weighted by Crippen LogP contribution is -2.42. The summed E-state index contributed by atoms with van der Waals surface area (Å²) < 4.78 is 5.79. The van der Waals surface area contributed by atoms with Crippen LogP contribution >= 0.6 is 11.6 Å². The highest BCUT2D eigenvalue weighted by atomic mass is 35.5. The predicted molar refractivity (Wildman–Crippen MR) is 91.8 cm³/mol. The molecule has 1 amide bonds. The van der Waals surface area contributed by atoms with E-state index in [4.69, 9.17) is 16.3 Å². The van der Waals surface area contributed by atoms with Gasteiger partial charge in [0.05, 0.1) is 23.3 Å². The molecular weight excluding hydrogens is 328 g/mol. The van der Waals surface area contributed by atoms with Crippen LogP contribution in [0.4, 0.5) is 5.69 Å². The zero-order chi connectivity index (χ0) is 16.8. The second-order valence-corrected chi connectivity index (χ2v) is 6.31. The number of imidazole rings is 1. The Kier molecular flexibility index (Phi) is 3.42. The van der Waals surface area contributed by atoms with Crippen molar-refractivity contribution in [3.8, 4) is 5.75 Å². The summed E-state index contributed by atoms with van der Waals surface area (Å²) in [6.45, 7) is 4.23. The number of H-pyrrole nitrogens is 1. The van der Waals surface area contributed by atoms with Gasteiger partial charge in [-0.3, -0.25) is 4.79 Å². The Labute approximate surface area is 143 Å². The van der Waals surface area contributed by atoms with Gasteiger partial charge in [0.15, 0.2) is 5.65 Å². The molecule has 4 rings (SSSR count). The van der Waals surface area contributed by atoms with Crippen molar-refractivity contribution < 1.29 is 9.53 Å². The van der Waals surface area contributed by atoms with Gasteiger partial charge in [-0.1, -0.05) is 11.6 Å². The van der Waals surface area contributed by atoms with Crippen molar-refractivity contribution in [3.63, 3.8) is 0 Å². The van der Waals surface area contributed by atoms with Crippen LogP contribution < -0.4 is 9.64 Å². The largest absolute Gasteiger partial charge is 0.487 e. The lowest BCUT2D eigenvalue weighted by molar-refractivity contribution is 0.0961. The minimum Gasteiger partial charge on any atom is -0.487 e. The standard InChI is InChI=1S/C17H15ClN4O2/c1-9-8-22(14-6-12(18)3-4-15(14)24-9)17(23)11-5-13-16(19-7-11)21-10(2)20-13/h3-7,9H,8H2,1-2H3,(H,19,20,21). The fourth-order valence-corrected chi connectivity index (χ4v) is 3.06. The number of carbonyl (C=O) groups is 1. The molecule has 3 heterocycles. The average molecular weight is 343 g/mol. The number of hydrogen-bond acceptors (Lipinski definition) is 4. The van der Waals surface area contributed by atoms with Crippen molar-refractivity contribution >= 4 is 34.4 Å². The third-order valence-electron chi connectivity index (χ3n) is 3.93. The van der Waals surface area contributed by atoms with E-state index in [0.717, 1.165) is 11.3 Å². The van der Waals surface area contributed by atoms with Gasteiger partial charge in [-0.25, -0.2) is 9.97 Å². The van der Waals surface area contributed by atoms with E-state index in [9.17, 15) is 4.79 Å². The number of fused-ring (bicyclic) bond motifs is 2. The normalized spacial score (nSPS) is 16.8. The number of nitrogens with zero attached hydrogens (tertiary/aromatic N) is 3. The molecule has 6 nitrogen and oxygen atoms in total. The van der Waals surface area contributed by atoms with Crippen molar-refractivity contribution in [1.82, 2.24) is 15.0 Å².